The zero-order chi connectivity index (χ0) is 8.65. The van der Waals surface area contributed by atoms with Gasteiger partial charge in [-0.05, 0) is 23.8 Å². The summed E-state index contributed by atoms with van der Waals surface area (Å²) in [5.74, 6) is 1.82. The fraction of sp³-hybridized carbons (Fsp3) is 1.00. The summed E-state index contributed by atoms with van der Waals surface area (Å²) in [7, 11) is 0. The molecule has 1 saturated carbocycles. The first kappa shape index (κ1) is 9.05. The van der Waals surface area contributed by atoms with Gasteiger partial charge in [-0.25, -0.2) is 0 Å². The highest BCUT2D eigenvalue weighted by Gasteiger charge is 2.53. The Labute approximate surface area is 70.6 Å². The molecule has 0 spiro atoms. The van der Waals surface area contributed by atoms with Gasteiger partial charge in [0.15, 0.2) is 0 Å². The van der Waals surface area contributed by atoms with Gasteiger partial charge < -0.3 is 5.32 Å². The number of rotatable bonds is 3. The third-order valence-corrected chi connectivity index (χ3v) is 3.37. The highest BCUT2D eigenvalue weighted by molar-refractivity contribution is 5.03. The Morgan fingerprint density at radius 2 is 1.82 bits per heavy atom. The second-order valence-electron chi connectivity index (χ2n) is 4.78. The number of hydrogen-bond acceptors (Lipinski definition) is 1. The maximum Gasteiger partial charge on any atom is 0.00104 e. The number of hydrogen-bond donors (Lipinski definition) is 1. The first-order valence-corrected chi connectivity index (χ1v) is 4.69. The van der Waals surface area contributed by atoms with Gasteiger partial charge in [0.05, 0.1) is 0 Å². The van der Waals surface area contributed by atoms with E-state index >= 15 is 0 Å². The normalized spacial score (nSPS) is 34.4. The molecule has 2 unspecified atom stereocenters. The molecule has 1 aliphatic rings. The van der Waals surface area contributed by atoms with Crippen LogP contribution in [0.15, 0.2) is 0 Å². The molecule has 1 nitrogen and oxygen atoms in total. The molecular formula is C10H21N. The zero-order valence-corrected chi connectivity index (χ0v) is 8.44. The third-order valence-electron chi connectivity index (χ3n) is 3.37. The van der Waals surface area contributed by atoms with E-state index in [4.69, 9.17) is 0 Å². The summed E-state index contributed by atoms with van der Waals surface area (Å²) in [5.41, 5.74) is 0.599. The first-order chi connectivity index (χ1) is 4.96. The first-order valence-electron chi connectivity index (χ1n) is 4.69. The van der Waals surface area contributed by atoms with Crippen LogP contribution in [0.25, 0.3) is 0 Å². The van der Waals surface area contributed by atoms with Crippen molar-refractivity contribution in [2.45, 2.75) is 40.7 Å². The molecule has 0 bridgehead atoms. The smallest absolute Gasteiger partial charge is 0.00104 e. The zero-order valence-electron chi connectivity index (χ0n) is 8.44. The van der Waals surface area contributed by atoms with E-state index in [0.29, 0.717) is 11.5 Å². The van der Waals surface area contributed by atoms with E-state index < -0.39 is 0 Å². The highest BCUT2D eigenvalue weighted by atomic mass is 14.9. The quantitative estimate of drug-likeness (QED) is 0.659. The van der Waals surface area contributed by atoms with Crippen LogP contribution in [0.2, 0.25) is 0 Å². The minimum absolute atomic E-state index is 0.599. The average molecular weight is 155 g/mol. The Morgan fingerprint density at radius 1 is 1.36 bits per heavy atom. The summed E-state index contributed by atoms with van der Waals surface area (Å²) in [6, 6.07) is 0.638. The van der Waals surface area contributed by atoms with E-state index in [-0.39, 0.29) is 0 Å². The van der Waals surface area contributed by atoms with Gasteiger partial charge in [0.2, 0.25) is 0 Å². The van der Waals surface area contributed by atoms with Gasteiger partial charge >= 0.3 is 0 Å². The molecule has 66 valence electrons. The van der Waals surface area contributed by atoms with E-state index in [0.717, 1.165) is 11.8 Å². The van der Waals surface area contributed by atoms with E-state index in [9.17, 15) is 0 Å². The van der Waals surface area contributed by atoms with Crippen molar-refractivity contribution < 1.29 is 0 Å². The standard InChI is InChI=1S/C10H21N/c1-7(2)11-6-9-8(3)10(9,4)5/h7-9,11H,6H2,1-5H3. The Morgan fingerprint density at radius 3 is 2.09 bits per heavy atom. The van der Waals surface area contributed by atoms with Gasteiger partial charge in [-0.15, -0.1) is 0 Å². The summed E-state index contributed by atoms with van der Waals surface area (Å²) in [4.78, 5) is 0. The largest absolute Gasteiger partial charge is 0.314 e. The lowest BCUT2D eigenvalue weighted by atomic mass is 10.1. The Kier molecular flexibility index (Phi) is 2.29. The summed E-state index contributed by atoms with van der Waals surface area (Å²) in [6.45, 7) is 12.7. The van der Waals surface area contributed by atoms with Crippen LogP contribution >= 0.6 is 0 Å². The van der Waals surface area contributed by atoms with Gasteiger partial charge in [-0.1, -0.05) is 34.6 Å². The van der Waals surface area contributed by atoms with Crippen molar-refractivity contribution in [3.05, 3.63) is 0 Å². The topological polar surface area (TPSA) is 12.0 Å². The lowest BCUT2D eigenvalue weighted by Crippen LogP contribution is -2.26. The molecule has 1 fully saturated rings. The Hall–Kier alpha value is -0.0400. The third kappa shape index (κ3) is 1.76. The highest BCUT2D eigenvalue weighted by Crippen LogP contribution is 2.57. The summed E-state index contributed by atoms with van der Waals surface area (Å²) in [6.07, 6.45) is 0. The van der Waals surface area contributed by atoms with Crippen LogP contribution < -0.4 is 5.32 Å². The Balaban J connectivity index is 2.22. The molecule has 0 saturated heterocycles. The monoisotopic (exact) mass is 155 g/mol. The lowest BCUT2D eigenvalue weighted by Gasteiger charge is -2.08. The summed E-state index contributed by atoms with van der Waals surface area (Å²) < 4.78 is 0. The van der Waals surface area contributed by atoms with E-state index in [1.807, 2.05) is 0 Å². The molecule has 1 heteroatoms. The molecule has 0 aromatic rings. The maximum absolute atomic E-state index is 3.49. The minimum atomic E-state index is 0.599. The lowest BCUT2D eigenvalue weighted by molar-refractivity contribution is 0.491. The summed E-state index contributed by atoms with van der Waals surface area (Å²) in [5, 5.41) is 3.49. The van der Waals surface area contributed by atoms with Crippen molar-refractivity contribution >= 4 is 0 Å². The van der Waals surface area contributed by atoms with Crippen molar-refractivity contribution in [3.63, 3.8) is 0 Å². The molecule has 2 atom stereocenters. The molecule has 1 aliphatic carbocycles. The van der Waals surface area contributed by atoms with Crippen molar-refractivity contribution in [2.24, 2.45) is 17.3 Å². The predicted molar refractivity (Wildman–Crippen MR) is 49.6 cm³/mol. The molecule has 11 heavy (non-hydrogen) atoms. The molecule has 0 radical (unpaired) electrons. The molecule has 0 amide bonds. The average Bonchev–Trinajstić information content (AvgIpc) is 2.30. The van der Waals surface area contributed by atoms with E-state index in [2.05, 4.69) is 39.9 Å². The van der Waals surface area contributed by atoms with Crippen molar-refractivity contribution in [1.82, 2.24) is 5.32 Å². The SMILES string of the molecule is CC(C)NCC1C(C)C1(C)C. The summed E-state index contributed by atoms with van der Waals surface area (Å²) >= 11 is 0. The Bertz CT molecular complexity index is 138. The van der Waals surface area contributed by atoms with Gasteiger partial charge in [-0.2, -0.15) is 0 Å². The second kappa shape index (κ2) is 2.78. The van der Waals surface area contributed by atoms with Crippen LogP contribution in [0.5, 0.6) is 0 Å². The van der Waals surface area contributed by atoms with Crippen molar-refractivity contribution in [2.75, 3.05) is 6.54 Å². The van der Waals surface area contributed by atoms with Crippen LogP contribution in [-0.2, 0) is 0 Å². The fourth-order valence-electron chi connectivity index (χ4n) is 1.82. The van der Waals surface area contributed by atoms with Crippen LogP contribution in [0, 0.1) is 17.3 Å². The van der Waals surface area contributed by atoms with Crippen LogP contribution in [-0.4, -0.2) is 12.6 Å². The molecule has 1 rings (SSSR count). The van der Waals surface area contributed by atoms with Crippen molar-refractivity contribution in [3.8, 4) is 0 Å². The van der Waals surface area contributed by atoms with Gasteiger partial charge in [0.1, 0.15) is 0 Å². The molecule has 0 aliphatic heterocycles. The maximum atomic E-state index is 3.49. The predicted octanol–water partition coefficient (Wildman–Crippen LogP) is 2.28. The molecular weight excluding hydrogens is 134 g/mol. The van der Waals surface area contributed by atoms with Gasteiger partial charge in [0.25, 0.3) is 0 Å². The van der Waals surface area contributed by atoms with E-state index in [1.165, 1.54) is 6.54 Å². The molecule has 0 aromatic heterocycles. The van der Waals surface area contributed by atoms with E-state index in [1.54, 1.807) is 0 Å². The molecule has 0 aromatic carbocycles. The fourth-order valence-corrected chi connectivity index (χ4v) is 1.82. The molecule has 0 heterocycles. The number of nitrogens with one attached hydrogen (secondary N) is 1. The van der Waals surface area contributed by atoms with Crippen LogP contribution in [0.1, 0.15) is 34.6 Å². The second-order valence-corrected chi connectivity index (χ2v) is 4.78. The minimum Gasteiger partial charge on any atom is -0.314 e. The molecule has 1 N–H and O–H groups in total. The van der Waals surface area contributed by atoms with Gasteiger partial charge in [-0.3, -0.25) is 0 Å². The van der Waals surface area contributed by atoms with Gasteiger partial charge in [0, 0.05) is 6.04 Å². The van der Waals surface area contributed by atoms with Crippen molar-refractivity contribution in [1.29, 1.82) is 0 Å². The van der Waals surface area contributed by atoms with Crippen LogP contribution in [0.3, 0.4) is 0 Å². The van der Waals surface area contributed by atoms with Crippen LogP contribution in [0.4, 0.5) is 0 Å².